The lowest BCUT2D eigenvalue weighted by atomic mass is 9.86. The van der Waals surface area contributed by atoms with Crippen molar-refractivity contribution in [1.82, 2.24) is 35.9 Å². The first-order valence-corrected chi connectivity index (χ1v) is 24.0. The fraction of sp³-hybridized carbons (Fsp3) is 0.543. The maximum absolute atomic E-state index is 14.5. The number of aliphatic imine (C=N–C) groups is 1. The summed E-state index contributed by atoms with van der Waals surface area (Å²) >= 11 is 1.46. The number of aromatic nitrogens is 4. The predicted molar refractivity (Wildman–Crippen MR) is 256 cm³/mol. The lowest BCUT2D eigenvalue weighted by Gasteiger charge is -2.28. The van der Waals surface area contributed by atoms with Crippen LogP contribution in [0.1, 0.15) is 89.1 Å². The number of phenolic OH excluding ortho intramolecular Hbond substituents is 1. The Morgan fingerprint density at radius 3 is 1.79 bits per heavy atom. The highest BCUT2D eigenvalue weighted by Crippen LogP contribution is 2.23. The maximum atomic E-state index is 14.5. The summed E-state index contributed by atoms with van der Waals surface area (Å²) in [5, 5.41) is 18.3. The van der Waals surface area contributed by atoms with E-state index < -0.39 is 107 Å². The molecule has 21 nitrogen and oxygen atoms in total. The third kappa shape index (κ3) is 19.3. The molecule has 2 aromatic heterocycles. The molecule has 68 heavy (non-hydrogen) atoms. The van der Waals surface area contributed by atoms with Gasteiger partial charge in [-0.1, -0.05) is 39.3 Å². The van der Waals surface area contributed by atoms with Crippen molar-refractivity contribution in [1.29, 1.82) is 0 Å². The Bertz CT molecular complexity index is 2150. The average molecular weight is 965 g/mol. The van der Waals surface area contributed by atoms with Crippen molar-refractivity contribution < 1.29 is 43.5 Å². The minimum atomic E-state index is -1.37. The van der Waals surface area contributed by atoms with E-state index in [9.17, 15) is 43.5 Å². The molecule has 0 saturated carbocycles. The number of carbonyl (C=O) groups excluding carboxylic acids is 8. The van der Waals surface area contributed by atoms with E-state index in [1.165, 1.54) is 48.9 Å². The highest BCUT2D eigenvalue weighted by molar-refractivity contribution is 7.98. The topological polar surface area (TPSA) is 367 Å². The number of nitrogens with two attached hydrogens (primary N) is 4. The van der Waals surface area contributed by atoms with Gasteiger partial charge in [0.2, 0.25) is 29.5 Å². The number of Topliss-reactive ketones (excluding diaryl/α,β-unsaturated/α-hetero) is 3. The number of rotatable bonds is 33. The number of imidazole rings is 2. The van der Waals surface area contributed by atoms with Gasteiger partial charge in [0.1, 0.15) is 5.75 Å². The molecule has 0 saturated heterocycles. The average Bonchev–Trinajstić information content (AvgIpc) is 4.02. The zero-order valence-corrected chi connectivity index (χ0v) is 40.0. The minimum absolute atomic E-state index is 0.0196. The number of primary amides is 2. The number of H-pyrrole nitrogens is 2. The first-order chi connectivity index (χ1) is 32.3. The van der Waals surface area contributed by atoms with Crippen LogP contribution in [0.5, 0.6) is 5.75 Å². The Morgan fingerprint density at radius 1 is 0.706 bits per heavy atom. The summed E-state index contributed by atoms with van der Waals surface area (Å²) in [7, 11) is 0. The Kier molecular flexibility index (Phi) is 23.4. The highest BCUT2D eigenvalue weighted by atomic mass is 32.2. The van der Waals surface area contributed by atoms with Gasteiger partial charge in [0.05, 0.1) is 49.0 Å². The first kappa shape index (κ1) is 55.7. The van der Waals surface area contributed by atoms with Gasteiger partial charge in [-0.05, 0) is 61.3 Å². The SMILES string of the molecule is CC[C@H](C)[C@H](NC(=O)[C@@H](CC(=O)[C@H](CC(N)=O)NC(=O)[C@@H](C)CCCN=C(N)N)Cc1ccc(O)cc1)C(=O)C[C@@H](Cc1cnc[nH]1)C(=O)N[C@@H](CCSC)C(=O)C[C@@H](Cc1cnc[nH]1)C(N)=O. The summed E-state index contributed by atoms with van der Waals surface area (Å²) in [4.78, 5) is 127. The molecule has 0 aliphatic heterocycles. The van der Waals surface area contributed by atoms with Gasteiger partial charge < -0.3 is 54.0 Å². The normalized spacial score (nSPS) is 14.7. The molecule has 8 atom stereocenters. The minimum Gasteiger partial charge on any atom is -0.508 e. The summed E-state index contributed by atoms with van der Waals surface area (Å²) in [6, 6.07) is 2.47. The quantitative estimate of drug-likeness (QED) is 0.0230. The number of thioether (sulfide) groups is 1. The van der Waals surface area contributed by atoms with Gasteiger partial charge >= 0.3 is 0 Å². The number of nitrogens with zero attached hydrogens (tertiary/aromatic N) is 3. The van der Waals surface area contributed by atoms with Crippen LogP contribution in [0.4, 0.5) is 0 Å². The summed E-state index contributed by atoms with van der Waals surface area (Å²) in [6.07, 6.45) is 7.76. The number of phenols is 1. The van der Waals surface area contributed by atoms with Crippen LogP contribution < -0.4 is 38.9 Å². The number of hydrogen-bond donors (Lipinski definition) is 10. The molecule has 0 spiro atoms. The molecule has 0 aliphatic rings. The summed E-state index contributed by atoms with van der Waals surface area (Å²) < 4.78 is 0. The molecular weight excluding hydrogens is 897 g/mol. The molecule has 0 unspecified atom stereocenters. The van der Waals surface area contributed by atoms with Crippen molar-refractivity contribution in [3.05, 3.63) is 66.3 Å². The zero-order valence-electron chi connectivity index (χ0n) is 39.2. The number of aromatic amines is 2. The van der Waals surface area contributed by atoms with E-state index in [-0.39, 0.29) is 56.8 Å². The van der Waals surface area contributed by atoms with Crippen LogP contribution in [0.25, 0.3) is 0 Å². The van der Waals surface area contributed by atoms with Crippen LogP contribution in [0.15, 0.2) is 54.3 Å². The van der Waals surface area contributed by atoms with E-state index >= 15 is 0 Å². The lowest BCUT2D eigenvalue weighted by molar-refractivity contribution is -0.136. The van der Waals surface area contributed by atoms with E-state index in [4.69, 9.17) is 22.9 Å². The Hall–Kier alpha value is -6.58. The molecule has 3 rings (SSSR count). The van der Waals surface area contributed by atoms with Gasteiger partial charge in [0, 0.05) is 74.3 Å². The van der Waals surface area contributed by atoms with E-state index in [0.717, 1.165) is 0 Å². The summed E-state index contributed by atoms with van der Waals surface area (Å²) in [5.74, 6) is -8.65. The van der Waals surface area contributed by atoms with Gasteiger partial charge in [-0.25, -0.2) is 9.97 Å². The van der Waals surface area contributed by atoms with Gasteiger partial charge in [0.15, 0.2) is 23.3 Å². The second-order valence-corrected chi connectivity index (χ2v) is 18.2. The van der Waals surface area contributed by atoms with Crippen molar-refractivity contribution in [2.24, 2.45) is 57.5 Å². The van der Waals surface area contributed by atoms with Crippen LogP contribution in [-0.4, -0.2) is 115 Å². The number of ketones is 3. The van der Waals surface area contributed by atoms with Crippen LogP contribution in [-0.2, 0) is 57.6 Å². The van der Waals surface area contributed by atoms with Crippen LogP contribution in [0, 0.1) is 29.6 Å². The Morgan fingerprint density at radius 2 is 1.25 bits per heavy atom. The van der Waals surface area contributed by atoms with Gasteiger partial charge in [-0.3, -0.25) is 43.3 Å². The molecular formula is C46H68N12O9S. The molecule has 5 amide bonds. The second kappa shape index (κ2) is 28.6. The molecule has 0 fully saturated rings. The first-order valence-electron chi connectivity index (χ1n) is 22.6. The van der Waals surface area contributed by atoms with Crippen molar-refractivity contribution in [3.8, 4) is 5.75 Å². The molecule has 3 aromatic rings. The van der Waals surface area contributed by atoms with Gasteiger partial charge in [-0.15, -0.1) is 0 Å². The Labute approximate surface area is 400 Å². The smallest absolute Gasteiger partial charge is 0.224 e. The van der Waals surface area contributed by atoms with Crippen molar-refractivity contribution >= 4 is 64.6 Å². The molecule has 14 N–H and O–H groups in total. The van der Waals surface area contributed by atoms with Crippen LogP contribution >= 0.6 is 11.8 Å². The number of benzene rings is 1. The molecule has 0 radical (unpaired) electrons. The summed E-state index contributed by atoms with van der Waals surface area (Å²) in [5.41, 5.74) is 23.7. The monoisotopic (exact) mass is 964 g/mol. The third-order valence-electron chi connectivity index (χ3n) is 11.8. The van der Waals surface area contributed by atoms with Crippen LogP contribution in [0.3, 0.4) is 0 Å². The molecule has 0 aliphatic carbocycles. The van der Waals surface area contributed by atoms with E-state index in [2.05, 4.69) is 40.9 Å². The van der Waals surface area contributed by atoms with Gasteiger partial charge in [-0.2, -0.15) is 11.8 Å². The molecule has 22 heteroatoms. The maximum Gasteiger partial charge on any atom is 0.224 e. The molecule has 372 valence electrons. The van der Waals surface area contributed by atoms with Crippen LogP contribution in [0.2, 0.25) is 0 Å². The fourth-order valence-electron chi connectivity index (χ4n) is 7.55. The van der Waals surface area contributed by atoms with E-state index in [1.807, 2.05) is 13.2 Å². The fourth-order valence-corrected chi connectivity index (χ4v) is 8.02. The molecule has 0 bridgehead atoms. The zero-order chi connectivity index (χ0) is 50.3. The predicted octanol–water partition coefficient (Wildman–Crippen LogP) is 0.897. The van der Waals surface area contributed by atoms with Gasteiger partial charge in [0.25, 0.3) is 0 Å². The number of guanidine groups is 1. The Balaban J connectivity index is 1.89. The second-order valence-electron chi connectivity index (χ2n) is 17.2. The van der Waals surface area contributed by atoms with E-state index in [0.29, 0.717) is 42.0 Å². The third-order valence-corrected chi connectivity index (χ3v) is 12.4. The number of hydrogen-bond acceptors (Lipinski definition) is 13. The number of carbonyl (C=O) groups is 8. The largest absolute Gasteiger partial charge is 0.508 e. The number of nitrogens with one attached hydrogen (secondary N) is 5. The standard InChI is InChI=1S/C46H68N12O9S/c1-5-26(2)41(39(62)20-31(17-33-23-52-25-55-33)44(66)56-35(12-14-68-4)37(60)18-29(42(48)64)16-32-22-51-24-54-32)58-45(67)30(15-28-8-10-34(59)11-9-28)19-38(61)36(21-40(47)63)57-43(65)27(3)7-6-13-53-46(49)50/h8-11,22-27,29-31,35-36,41,59H,5-7,12-21H2,1-4H3,(H2,47,63)(H2,48,64)(H,51,54)(H,52,55)(H,56,66)(H,57,65)(H,58,67)(H4,49,50,53)/t26-,27-,29+,30+,31+,35-,36-,41-/m0/s1. The molecule has 2 heterocycles. The van der Waals surface area contributed by atoms with Crippen molar-refractivity contribution in [2.75, 3.05) is 18.6 Å². The molecule has 1 aromatic carbocycles. The highest BCUT2D eigenvalue weighted by Gasteiger charge is 2.36. The lowest BCUT2D eigenvalue weighted by Crippen LogP contribution is -2.51. The van der Waals surface area contributed by atoms with Crippen molar-refractivity contribution in [2.45, 2.75) is 110 Å². The summed E-state index contributed by atoms with van der Waals surface area (Å²) in [6.45, 7) is 5.52. The van der Waals surface area contributed by atoms with Crippen molar-refractivity contribution in [3.63, 3.8) is 0 Å². The van der Waals surface area contributed by atoms with E-state index in [1.54, 1.807) is 26.0 Å². The number of amides is 5. The number of aromatic hydroxyl groups is 1.